The molecule has 0 N–H and O–H groups in total. The average molecular weight is 395 g/mol. The summed E-state index contributed by atoms with van der Waals surface area (Å²) in [6, 6.07) is 3.56. The Hall–Kier alpha value is -1.79. The highest BCUT2D eigenvalue weighted by Crippen LogP contribution is 2.35. The van der Waals surface area contributed by atoms with Gasteiger partial charge < -0.3 is 14.4 Å². The summed E-state index contributed by atoms with van der Waals surface area (Å²) in [5.41, 5.74) is 2.56. The molecule has 0 aliphatic carbocycles. The lowest BCUT2D eigenvalue weighted by atomic mass is 9.90. The van der Waals surface area contributed by atoms with E-state index in [-0.39, 0.29) is 18.0 Å². The van der Waals surface area contributed by atoms with Gasteiger partial charge in [0.25, 0.3) is 0 Å². The molecule has 1 atom stereocenters. The topological polar surface area (TPSA) is 59.1 Å². The number of hydrogen-bond acceptors (Lipinski definition) is 4. The maximum atomic E-state index is 12.8. The summed E-state index contributed by atoms with van der Waals surface area (Å²) in [5, 5.41) is 0.634. The Morgan fingerprint density at radius 3 is 2.67 bits per heavy atom. The van der Waals surface area contributed by atoms with Crippen LogP contribution in [0.2, 0.25) is 5.02 Å². The van der Waals surface area contributed by atoms with Crippen molar-refractivity contribution < 1.29 is 19.1 Å². The molecule has 1 aromatic rings. The van der Waals surface area contributed by atoms with Gasteiger partial charge in [0.15, 0.2) is 0 Å². The summed E-state index contributed by atoms with van der Waals surface area (Å²) >= 11 is 6.38. The minimum atomic E-state index is -0.570. The molecule has 1 aromatic carbocycles. The summed E-state index contributed by atoms with van der Waals surface area (Å²) in [5.74, 6) is 0.0467. The van der Waals surface area contributed by atoms with Crippen LogP contribution in [-0.4, -0.2) is 53.7 Å². The fraction of sp³-hybridized carbons (Fsp3) is 0.600. The van der Waals surface area contributed by atoms with Crippen LogP contribution in [0.3, 0.4) is 0 Å². The van der Waals surface area contributed by atoms with Crippen LogP contribution in [0.4, 0.5) is 4.79 Å². The zero-order chi connectivity index (χ0) is 19.8. The highest BCUT2D eigenvalue weighted by atomic mass is 35.5. The van der Waals surface area contributed by atoms with Gasteiger partial charge in [-0.3, -0.25) is 9.69 Å². The van der Waals surface area contributed by atoms with Crippen molar-refractivity contribution >= 4 is 23.6 Å². The van der Waals surface area contributed by atoms with Crippen LogP contribution in [0.5, 0.6) is 0 Å². The molecular formula is C20H27ClN2O4. The number of nitrogens with zero attached hydrogens (tertiary/aromatic N) is 2. The number of morpholine rings is 1. The maximum absolute atomic E-state index is 12.8. The SMILES string of the molecule is CC(=O)N1CCc2cc(Cl)cc([C@@H]3COCCN3C(=O)OC(C)(C)C)c2C1. The zero-order valence-corrected chi connectivity index (χ0v) is 17.1. The van der Waals surface area contributed by atoms with E-state index >= 15 is 0 Å². The molecule has 6 nitrogen and oxygen atoms in total. The van der Waals surface area contributed by atoms with Gasteiger partial charge in [-0.1, -0.05) is 11.6 Å². The van der Waals surface area contributed by atoms with Gasteiger partial charge in [-0.2, -0.15) is 0 Å². The standard InChI is InChI=1S/C20H27ClN2O4/c1-13(24)22-6-5-14-9-15(21)10-16(17(14)11-22)18-12-26-8-7-23(18)19(25)27-20(2,3)4/h9-10,18H,5-8,11-12H2,1-4H3/t18-/m0/s1. The lowest BCUT2D eigenvalue weighted by Crippen LogP contribution is -2.46. The molecule has 2 heterocycles. The van der Waals surface area contributed by atoms with Crippen LogP contribution in [0.25, 0.3) is 0 Å². The predicted octanol–water partition coefficient (Wildman–Crippen LogP) is 3.55. The van der Waals surface area contributed by atoms with E-state index in [0.29, 0.717) is 37.9 Å². The summed E-state index contributed by atoms with van der Waals surface area (Å²) in [7, 11) is 0. The molecule has 1 saturated heterocycles. The third-order valence-corrected chi connectivity index (χ3v) is 5.12. The lowest BCUT2D eigenvalue weighted by Gasteiger charge is -2.39. The molecule has 0 aromatic heterocycles. The first kappa shape index (κ1) is 20.0. The van der Waals surface area contributed by atoms with Crippen molar-refractivity contribution in [2.45, 2.75) is 52.3 Å². The molecule has 148 valence electrons. The van der Waals surface area contributed by atoms with Gasteiger partial charge in [-0.25, -0.2) is 4.79 Å². The number of fused-ring (bicyclic) bond motifs is 1. The molecule has 1 fully saturated rings. The fourth-order valence-corrected chi connectivity index (χ4v) is 3.87. The molecular weight excluding hydrogens is 368 g/mol. The summed E-state index contributed by atoms with van der Waals surface area (Å²) in [6.07, 6.45) is 0.395. The number of carbonyl (C=O) groups is 2. The average Bonchev–Trinajstić information content (AvgIpc) is 2.59. The number of ether oxygens (including phenoxy) is 2. The third kappa shape index (κ3) is 4.55. The third-order valence-electron chi connectivity index (χ3n) is 4.90. The number of halogens is 1. The fourth-order valence-electron chi connectivity index (χ4n) is 3.62. The van der Waals surface area contributed by atoms with Crippen molar-refractivity contribution in [2.24, 2.45) is 0 Å². The number of amides is 2. The first-order valence-electron chi connectivity index (χ1n) is 9.30. The Kier molecular flexibility index (Phi) is 5.68. The van der Waals surface area contributed by atoms with Gasteiger partial charge >= 0.3 is 6.09 Å². The van der Waals surface area contributed by atoms with E-state index in [0.717, 1.165) is 23.1 Å². The Morgan fingerprint density at radius 2 is 2.00 bits per heavy atom. The monoisotopic (exact) mass is 394 g/mol. The van der Waals surface area contributed by atoms with E-state index in [1.165, 1.54) is 0 Å². The second kappa shape index (κ2) is 7.68. The van der Waals surface area contributed by atoms with Crippen molar-refractivity contribution in [3.8, 4) is 0 Å². The minimum Gasteiger partial charge on any atom is -0.444 e. The highest BCUT2D eigenvalue weighted by molar-refractivity contribution is 6.30. The molecule has 0 saturated carbocycles. The smallest absolute Gasteiger partial charge is 0.410 e. The van der Waals surface area contributed by atoms with Crippen LogP contribution in [0.1, 0.15) is 50.4 Å². The Morgan fingerprint density at radius 1 is 1.26 bits per heavy atom. The van der Waals surface area contributed by atoms with Gasteiger partial charge in [0.1, 0.15) is 5.60 Å². The van der Waals surface area contributed by atoms with E-state index in [1.807, 2.05) is 37.8 Å². The molecule has 2 aliphatic rings. The molecule has 0 unspecified atom stereocenters. The number of rotatable bonds is 1. The van der Waals surface area contributed by atoms with E-state index in [2.05, 4.69) is 0 Å². The largest absolute Gasteiger partial charge is 0.444 e. The maximum Gasteiger partial charge on any atom is 0.410 e. The molecule has 2 amide bonds. The molecule has 2 aliphatic heterocycles. The van der Waals surface area contributed by atoms with Crippen molar-refractivity contribution in [1.82, 2.24) is 9.80 Å². The Bertz CT molecular complexity index is 744. The van der Waals surface area contributed by atoms with Crippen LogP contribution in [0.15, 0.2) is 12.1 Å². The van der Waals surface area contributed by atoms with E-state index < -0.39 is 5.60 Å². The van der Waals surface area contributed by atoms with Crippen molar-refractivity contribution in [1.29, 1.82) is 0 Å². The second-order valence-corrected chi connectivity index (χ2v) is 8.52. The molecule has 27 heavy (non-hydrogen) atoms. The van der Waals surface area contributed by atoms with Gasteiger partial charge in [0.2, 0.25) is 5.91 Å². The van der Waals surface area contributed by atoms with Crippen LogP contribution < -0.4 is 0 Å². The summed E-state index contributed by atoms with van der Waals surface area (Å²) < 4.78 is 11.3. The van der Waals surface area contributed by atoms with Gasteiger partial charge in [0, 0.05) is 31.6 Å². The Labute approximate surface area is 165 Å². The number of carbonyl (C=O) groups excluding carboxylic acids is 2. The van der Waals surface area contributed by atoms with Crippen molar-refractivity contribution in [3.05, 3.63) is 33.8 Å². The van der Waals surface area contributed by atoms with Gasteiger partial charge in [-0.05, 0) is 56.0 Å². The molecule has 3 rings (SSSR count). The lowest BCUT2D eigenvalue weighted by molar-refractivity contribution is -0.129. The van der Waals surface area contributed by atoms with Crippen LogP contribution in [-0.2, 0) is 27.2 Å². The molecule has 7 heteroatoms. The van der Waals surface area contributed by atoms with Gasteiger partial charge in [0.05, 0.1) is 19.3 Å². The zero-order valence-electron chi connectivity index (χ0n) is 16.4. The normalized spacial score (nSPS) is 20.3. The summed E-state index contributed by atoms with van der Waals surface area (Å²) in [4.78, 5) is 28.2. The first-order valence-corrected chi connectivity index (χ1v) is 9.67. The molecule has 0 spiro atoms. The Balaban J connectivity index is 1.97. The number of benzene rings is 1. The van der Waals surface area contributed by atoms with E-state index in [4.69, 9.17) is 21.1 Å². The first-order chi connectivity index (χ1) is 12.7. The molecule has 0 bridgehead atoms. The van der Waals surface area contributed by atoms with Crippen molar-refractivity contribution in [2.75, 3.05) is 26.3 Å². The van der Waals surface area contributed by atoms with Crippen molar-refractivity contribution in [3.63, 3.8) is 0 Å². The quantitative estimate of drug-likeness (QED) is 0.730. The number of hydrogen-bond donors (Lipinski definition) is 0. The molecule has 0 radical (unpaired) electrons. The van der Waals surface area contributed by atoms with Crippen LogP contribution >= 0.6 is 11.6 Å². The predicted molar refractivity (Wildman–Crippen MR) is 103 cm³/mol. The second-order valence-electron chi connectivity index (χ2n) is 8.09. The van der Waals surface area contributed by atoms with E-state index in [1.54, 1.807) is 11.8 Å². The minimum absolute atomic E-state index is 0.0467. The van der Waals surface area contributed by atoms with Crippen LogP contribution in [0, 0.1) is 0 Å². The van der Waals surface area contributed by atoms with Gasteiger partial charge in [-0.15, -0.1) is 0 Å². The van der Waals surface area contributed by atoms with E-state index in [9.17, 15) is 9.59 Å². The summed E-state index contributed by atoms with van der Waals surface area (Å²) in [6.45, 7) is 9.65. The highest BCUT2D eigenvalue weighted by Gasteiger charge is 2.35.